The third-order valence-corrected chi connectivity index (χ3v) is 4.54. The minimum atomic E-state index is 0.0680. The Morgan fingerprint density at radius 3 is 2.88 bits per heavy atom. The first-order chi connectivity index (χ1) is 11.7. The minimum absolute atomic E-state index is 0.0680. The van der Waals surface area contributed by atoms with Crippen LogP contribution < -0.4 is 5.32 Å². The number of piperidine rings is 1. The fraction of sp³-hybridized carbons (Fsp3) is 0.474. The molecule has 0 unspecified atom stereocenters. The van der Waals surface area contributed by atoms with E-state index in [2.05, 4.69) is 39.6 Å². The molecule has 1 fully saturated rings. The van der Waals surface area contributed by atoms with E-state index in [4.69, 9.17) is 0 Å². The minimum Gasteiger partial charge on any atom is -0.356 e. The van der Waals surface area contributed by atoms with Crippen molar-refractivity contribution in [2.24, 2.45) is 5.92 Å². The van der Waals surface area contributed by atoms with Gasteiger partial charge in [0.05, 0.1) is 6.54 Å². The van der Waals surface area contributed by atoms with Crippen LogP contribution in [-0.4, -0.2) is 40.2 Å². The first-order valence-corrected chi connectivity index (χ1v) is 8.71. The second-order valence-corrected chi connectivity index (χ2v) is 6.70. The van der Waals surface area contributed by atoms with E-state index >= 15 is 0 Å². The topological polar surface area (TPSA) is 50.2 Å². The lowest BCUT2D eigenvalue weighted by molar-refractivity contribution is -0.119. The molecule has 1 N–H and O–H groups in total. The van der Waals surface area contributed by atoms with E-state index in [1.54, 1.807) is 6.92 Å². The van der Waals surface area contributed by atoms with E-state index in [9.17, 15) is 4.79 Å². The standard InChI is InChI=1S/C19H26N4O/c1-16(24)20-12-19-7-3-9-22(14-19)13-17-5-2-6-18(11-17)15-23-10-4-8-21-23/h2,4-6,8,10-11,19H,3,7,9,12-15H2,1H3,(H,20,24)/t19-/m1/s1. The summed E-state index contributed by atoms with van der Waals surface area (Å²) in [5, 5.41) is 7.23. The molecule has 0 bridgehead atoms. The third kappa shape index (κ3) is 4.93. The summed E-state index contributed by atoms with van der Waals surface area (Å²) in [6.45, 7) is 6.37. The highest BCUT2D eigenvalue weighted by atomic mass is 16.1. The predicted octanol–water partition coefficient (Wildman–Crippen LogP) is 2.28. The van der Waals surface area contributed by atoms with Gasteiger partial charge in [0.1, 0.15) is 0 Å². The molecule has 128 valence electrons. The second-order valence-electron chi connectivity index (χ2n) is 6.70. The van der Waals surface area contributed by atoms with E-state index in [1.165, 1.54) is 24.0 Å². The fourth-order valence-electron chi connectivity index (χ4n) is 3.42. The normalized spacial score (nSPS) is 18.5. The van der Waals surface area contributed by atoms with Gasteiger partial charge in [-0.05, 0) is 42.5 Å². The van der Waals surface area contributed by atoms with Crippen LogP contribution in [0.5, 0.6) is 0 Å². The average molecular weight is 326 g/mol. The molecule has 2 aromatic rings. The first-order valence-electron chi connectivity index (χ1n) is 8.71. The van der Waals surface area contributed by atoms with Crippen LogP contribution in [-0.2, 0) is 17.9 Å². The van der Waals surface area contributed by atoms with Gasteiger partial charge in [0.25, 0.3) is 0 Å². The van der Waals surface area contributed by atoms with Gasteiger partial charge in [-0.3, -0.25) is 14.4 Å². The Bertz CT molecular complexity index is 653. The highest BCUT2D eigenvalue weighted by molar-refractivity contribution is 5.72. The van der Waals surface area contributed by atoms with Gasteiger partial charge in [0, 0.05) is 39.0 Å². The smallest absolute Gasteiger partial charge is 0.216 e. The van der Waals surface area contributed by atoms with Gasteiger partial charge in [-0.2, -0.15) is 5.10 Å². The van der Waals surface area contributed by atoms with Crippen molar-refractivity contribution in [2.45, 2.75) is 32.9 Å². The number of hydrogen-bond acceptors (Lipinski definition) is 3. The molecule has 5 nitrogen and oxygen atoms in total. The van der Waals surface area contributed by atoms with E-state index < -0.39 is 0 Å². The fourth-order valence-corrected chi connectivity index (χ4v) is 3.42. The molecule has 3 rings (SSSR count). The molecule has 1 aromatic heterocycles. The Hall–Kier alpha value is -2.14. The number of rotatable bonds is 6. The lowest BCUT2D eigenvalue weighted by Crippen LogP contribution is -2.40. The van der Waals surface area contributed by atoms with Gasteiger partial charge in [-0.1, -0.05) is 24.3 Å². The zero-order valence-corrected chi connectivity index (χ0v) is 14.3. The van der Waals surface area contributed by atoms with Crippen molar-refractivity contribution in [1.82, 2.24) is 20.0 Å². The van der Waals surface area contributed by atoms with Gasteiger partial charge in [0.2, 0.25) is 5.91 Å². The maximum absolute atomic E-state index is 11.1. The Labute approximate surface area is 143 Å². The van der Waals surface area contributed by atoms with Crippen molar-refractivity contribution in [2.75, 3.05) is 19.6 Å². The van der Waals surface area contributed by atoms with Crippen LogP contribution in [0.25, 0.3) is 0 Å². The summed E-state index contributed by atoms with van der Waals surface area (Å²) < 4.78 is 1.95. The molecule has 1 atom stereocenters. The quantitative estimate of drug-likeness (QED) is 0.886. The van der Waals surface area contributed by atoms with Crippen LogP contribution >= 0.6 is 0 Å². The molecule has 0 aliphatic carbocycles. The number of likely N-dealkylation sites (tertiary alicyclic amines) is 1. The monoisotopic (exact) mass is 326 g/mol. The van der Waals surface area contributed by atoms with Crippen LogP contribution in [0.4, 0.5) is 0 Å². The Balaban J connectivity index is 1.56. The van der Waals surface area contributed by atoms with Crippen molar-refractivity contribution >= 4 is 5.91 Å². The maximum atomic E-state index is 11.1. The summed E-state index contributed by atoms with van der Waals surface area (Å²) in [7, 11) is 0. The second kappa shape index (κ2) is 8.11. The predicted molar refractivity (Wildman–Crippen MR) is 94.5 cm³/mol. The highest BCUT2D eigenvalue weighted by Gasteiger charge is 2.20. The van der Waals surface area contributed by atoms with Crippen molar-refractivity contribution in [1.29, 1.82) is 0 Å². The molecule has 5 heteroatoms. The summed E-state index contributed by atoms with van der Waals surface area (Å²) in [6, 6.07) is 10.7. The van der Waals surface area contributed by atoms with E-state index in [0.29, 0.717) is 5.92 Å². The van der Waals surface area contributed by atoms with Crippen molar-refractivity contribution < 1.29 is 4.79 Å². The average Bonchev–Trinajstić information content (AvgIpc) is 3.07. The Morgan fingerprint density at radius 1 is 1.29 bits per heavy atom. The van der Waals surface area contributed by atoms with Gasteiger partial charge < -0.3 is 5.32 Å². The summed E-state index contributed by atoms with van der Waals surface area (Å²) in [5.74, 6) is 0.633. The van der Waals surface area contributed by atoms with Crippen LogP contribution in [0.1, 0.15) is 30.9 Å². The summed E-state index contributed by atoms with van der Waals surface area (Å²) in [4.78, 5) is 13.6. The molecular weight excluding hydrogens is 300 g/mol. The van der Waals surface area contributed by atoms with Gasteiger partial charge in [-0.25, -0.2) is 0 Å². The lowest BCUT2D eigenvalue weighted by Gasteiger charge is -2.32. The number of nitrogens with zero attached hydrogens (tertiary/aromatic N) is 3. The molecule has 24 heavy (non-hydrogen) atoms. The number of nitrogens with one attached hydrogen (secondary N) is 1. The molecule has 0 radical (unpaired) electrons. The zero-order valence-electron chi connectivity index (χ0n) is 14.3. The van der Waals surface area contributed by atoms with Crippen LogP contribution in [0.2, 0.25) is 0 Å². The lowest BCUT2D eigenvalue weighted by atomic mass is 9.97. The van der Waals surface area contributed by atoms with Gasteiger partial charge in [-0.15, -0.1) is 0 Å². The van der Waals surface area contributed by atoms with Crippen LogP contribution in [0.3, 0.4) is 0 Å². The number of hydrogen-bond donors (Lipinski definition) is 1. The molecular formula is C19H26N4O. The molecule has 0 saturated carbocycles. The number of benzene rings is 1. The molecule has 1 saturated heterocycles. The SMILES string of the molecule is CC(=O)NC[C@H]1CCCN(Cc2cccc(Cn3cccn3)c2)C1. The highest BCUT2D eigenvalue weighted by Crippen LogP contribution is 2.18. The van der Waals surface area contributed by atoms with Crippen LogP contribution in [0, 0.1) is 5.92 Å². The van der Waals surface area contributed by atoms with Crippen LogP contribution in [0.15, 0.2) is 42.7 Å². The van der Waals surface area contributed by atoms with E-state index in [1.807, 2.05) is 23.1 Å². The van der Waals surface area contributed by atoms with E-state index in [-0.39, 0.29) is 5.91 Å². The maximum Gasteiger partial charge on any atom is 0.216 e. The van der Waals surface area contributed by atoms with Crippen molar-refractivity contribution in [3.63, 3.8) is 0 Å². The molecule has 2 heterocycles. The van der Waals surface area contributed by atoms with Crippen molar-refractivity contribution in [3.05, 3.63) is 53.9 Å². The summed E-state index contributed by atoms with van der Waals surface area (Å²) in [5.41, 5.74) is 2.63. The zero-order chi connectivity index (χ0) is 16.8. The number of aromatic nitrogens is 2. The number of amides is 1. The molecule has 1 amide bonds. The van der Waals surface area contributed by atoms with Gasteiger partial charge in [0.15, 0.2) is 0 Å². The van der Waals surface area contributed by atoms with Gasteiger partial charge >= 0.3 is 0 Å². The Morgan fingerprint density at radius 2 is 2.12 bits per heavy atom. The van der Waals surface area contributed by atoms with E-state index in [0.717, 1.165) is 32.7 Å². The third-order valence-electron chi connectivity index (χ3n) is 4.54. The molecule has 0 spiro atoms. The van der Waals surface area contributed by atoms with Crippen molar-refractivity contribution in [3.8, 4) is 0 Å². The Kier molecular flexibility index (Phi) is 5.64. The largest absolute Gasteiger partial charge is 0.356 e. The number of carbonyl (C=O) groups excluding carboxylic acids is 1. The summed E-state index contributed by atoms with van der Waals surface area (Å²) >= 11 is 0. The number of carbonyl (C=O) groups is 1. The summed E-state index contributed by atoms with van der Waals surface area (Å²) in [6.07, 6.45) is 6.21. The molecule has 1 aliphatic heterocycles. The molecule has 1 aliphatic rings. The molecule has 1 aromatic carbocycles. The first kappa shape index (κ1) is 16.7.